The fraction of sp³-hybridized carbons (Fsp3) is 0.222. The quantitative estimate of drug-likeness (QED) is 0.733. The number of rotatable bonds is 0. The van der Waals surface area contributed by atoms with Gasteiger partial charge >= 0.3 is 0 Å². The number of aryl methyl sites for hydroxylation is 2. The van der Waals surface area contributed by atoms with Gasteiger partial charge in [0.15, 0.2) is 0 Å². The Balaban J connectivity index is 2.92. The third-order valence-corrected chi connectivity index (χ3v) is 2.59. The molecular weight excluding hydrogens is 216 g/mol. The number of hydrogen-bond acceptors (Lipinski definition) is 1. The van der Waals surface area contributed by atoms with Crippen LogP contribution in [0.5, 0.6) is 0 Å². The van der Waals surface area contributed by atoms with Crippen molar-refractivity contribution in [2.24, 2.45) is 0 Å². The number of pyridine rings is 1. The van der Waals surface area contributed by atoms with E-state index in [9.17, 15) is 0 Å². The lowest BCUT2D eigenvalue weighted by Crippen LogP contribution is -1.86. The van der Waals surface area contributed by atoms with E-state index in [1.807, 2.05) is 20.0 Å². The first-order valence-electron chi connectivity index (χ1n) is 3.79. The molecule has 0 bridgehead atoms. The normalized spacial score (nSPS) is 10.9. The first kappa shape index (κ1) is 7.80. The van der Waals surface area contributed by atoms with Crippen molar-refractivity contribution in [3.63, 3.8) is 0 Å². The minimum atomic E-state index is 1.05. The van der Waals surface area contributed by atoms with E-state index in [1.54, 1.807) is 0 Å². The van der Waals surface area contributed by atoms with E-state index in [0.717, 1.165) is 21.4 Å². The molecule has 0 spiro atoms. The molecular formula is C9H9BrN2. The van der Waals surface area contributed by atoms with Crippen molar-refractivity contribution < 1.29 is 0 Å². The predicted molar refractivity (Wildman–Crippen MR) is 53.3 cm³/mol. The smallest absolute Gasteiger partial charge is 0.0682 e. The Morgan fingerprint density at radius 1 is 1.42 bits per heavy atom. The maximum atomic E-state index is 4.36. The van der Waals surface area contributed by atoms with E-state index in [-0.39, 0.29) is 0 Å². The van der Waals surface area contributed by atoms with Crippen LogP contribution >= 0.6 is 15.9 Å². The summed E-state index contributed by atoms with van der Waals surface area (Å²) in [6.07, 6.45) is 1.94. The summed E-state index contributed by atoms with van der Waals surface area (Å²) < 4.78 is 1.10. The molecule has 0 aliphatic rings. The lowest BCUT2D eigenvalue weighted by molar-refractivity contribution is 1.14. The van der Waals surface area contributed by atoms with Crippen LogP contribution in [-0.2, 0) is 0 Å². The number of nitrogens with one attached hydrogen (secondary N) is 1. The molecule has 0 aliphatic heterocycles. The molecule has 1 N–H and O–H groups in total. The topological polar surface area (TPSA) is 28.7 Å². The van der Waals surface area contributed by atoms with Crippen LogP contribution in [0.4, 0.5) is 0 Å². The molecule has 0 atom stereocenters. The van der Waals surface area contributed by atoms with Crippen LogP contribution in [0.25, 0.3) is 10.9 Å². The van der Waals surface area contributed by atoms with E-state index in [1.165, 1.54) is 5.39 Å². The second-order valence-corrected chi connectivity index (χ2v) is 3.76. The summed E-state index contributed by atoms with van der Waals surface area (Å²) in [5.74, 6) is 0. The van der Waals surface area contributed by atoms with Crippen LogP contribution in [-0.4, -0.2) is 9.97 Å². The van der Waals surface area contributed by atoms with E-state index in [4.69, 9.17) is 0 Å². The van der Waals surface area contributed by atoms with Crippen molar-refractivity contribution in [2.75, 3.05) is 0 Å². The lowest BCUT2D eigenvalue weighted by Gasteiger charge is -1.97. The van der Waals surface area contributed by atoms with Gasteiger partial charge in [0.2, 0.25) is 0 Å². The summed E-state index contributed by atoms with van der Waals surface area (Å²) in [5.41, 5.74) is 3.23. The molecule has 0 fully saturated rings. The highest BCUT2D eigenvalue weighted by Gasteiger charge is 2.04. The summed E-state index contributed by atoms with van der Waals surface area (Å²) in [7, 11) is 0. The first-order chi connectivity index (χ1) is 5.68. The van der Waals surface area contributed by atoms with Crippen molar-refractivity contribution in [1.82, 2.24) is 9.97 Å². The SMILES string of the molecule is Cc1cc2c(Br)c[nH]c2c(C)n1. The fourth-order valence-corrected chi connectivity index (χ4v) is 1.84. The van der Waals surface area contributed by atoms with Gasteiger partial charge in [-0.2, -0.15) is 0 Å². The predicted octanol–water partition coefficient (Wildman–Crippen LogP) is 2.94. The third kappa shape index (κ3) is 1.05. The Hall–Kier alpha value is -0.830. The average molecular weight is 225 g/mol. The molecule has 2 nitrogen and oxygen atoms in total. The Morgan fingerprint density at radius 2 is 2.17 bits per heavy atom. The van der Waals surface area contributed by atoms with Crippen LogP contribution in [0.3, 0.4) is 0 Å². The molecule has 0 aromatic carbocycles. The van der Waals surface area contributed by atoms with Gasteiger partial charge in [-0.25, -0.2) is 0 Å². The van der Waals surface area contributed by atoms with Crippen molar-refractivity contribution in [1.29, 1.82) is 0 Å². The van der Waals surface area contributed by atoms with Crippen LogP contribution < -0.4 is 0 Å². The van der Waals surface area contributed by atoms with Crippen LogP contribution in [0, 0.1) is 13.8 Å². The lowest BCUT2D eigenvalue weighted by atomic mass is 10.2. The van der Waals surface area contributed by atoms with E-state index in [0.29, 0.717) is 0 Å². The Kier molecular flexibility index (Phi) is 1.68. The monoisotopic (exact) mass is 224 g/mol. The zero-order chi connectivity index (χ0) is 8.72. The molecule has 2 aromatic rings. The van der Waals surface area contributed by atoms with Gasteiger partial charge in [0.05, 0.1) is 11.2 Å². The summed E-state index contributed by atoms with van der Waals surface area (Å²) >= 11 is 3.48. The highest BCUT2D eigenvalue weighted by atomic mass is 79.9. The van der Waals surface area contributed by atoms with E-state index >= 15 is 0 Å². The number of H-pyrrole nitrogens is 1. The van der Waals surface area contributed by atoms with Gasteiger partial charge in [-0.15, -0.1) is 0 Å². The van der Waals surface area contributed by atoms with Crippen molar-refractivity contribution in [3.8, 4) is 0 Å². The Morgan fingerprint density at radius 3 is 2.92 bits per heavy atom. The standard InChI is InChI=1S/C9H9BrN2/c1-5-3-7-8(10)4-11-9(7)6(2)12-5/h3-4,11H,1-2H3. The molecule has 0 saturated heterocycles. The van der Waals surface area contributed by atoms with E-state index < -0.39 is 0 Å². The molecule has 62 valence electrons. The molecule has 0 saturated carbocycles. The number of aromatic nitrogens is 2. The molecule has 0 aliphatic carbocycles. The molecule has 12 heavy (non-hydrogen) atoms. The maximum Gasteiger partial charge on any atom is 0.0682 e. The number of nitrogens with zero attached hydrogens (tertiary/aromatic N) is 1. The zero-order valence-electron chi connectivity index (χ0n) is 6.98. The van der Waals surface area contributed by atoms with Gasteiger partial charge in [0.25, 0.3) is 0 Å². The zero-order valence-corrected chi connectivity index (χ0v) is 8.57. The average Bonchev–Trinajstić information content (AvgIpc) is 2.33. The van der Waals surface area contributed by atoms with Gasteiger partial charge in [-0.1, -0.05) is 0 Å². The Labute approximate surface area is 79.1 Å². The Bertz CT molecular complexity index is 431. The fourth-order valence-electron chi connectivity index (χ4n) is 1.41. The van der Waals surface area contributed by atoms with Crippen molar-refractivity contribution >= 4 is 26.8 Å². The van der Waals surface area contributed by atoms with Gasteiger partial charge in [-0.3, -0.25) is 4.98 Å². The van der Waals surface area contributed by atoms with Crippen molar-refractivity contribution in [3.05, 3.63) is 28.1 Å². The third-order valence-electron chi connectivity index (χ3n) is 1.93. The van der Waals surface area contributed by atoms with Gasteiger partial charge < -0.3 is 4.98 Å². The summed E-state index contributed by atoms with van der Waals surface area (Å²) in [6.45, 7) is 4.02. The number of fused-ring (bicyclic) bond motifs is 1. The molecule has 0 radical (unpaired) electrons. The number of halogens is 1. The largest absolute Gasteiger partial charge is 0.359 e. The molecule has 2 aromatic heterocycles. The van der Waals surface area contributed by atoms with Crippen LogP contribution in [0.15, 0.2) is 16.7 Å². The van der Waals surface area contributed by atoms with Crippen LogP contribution in [0.1, 0.15) is 11.4 Å². The highest BCUT2D eigenvalue weighted by Crippen LogP contribution is 2.25. The highest BCUT2D eigenvalue weighted by molar-refractivity contribution is 9.10. The molecule has 2 heterocycles. The number of hydrogen-bond donors (Lipinski definition) is 1. The molecule has 3 heteroatoms. The van der Waals surface area contributed by atoms with Gasteiger partial charge in [0.1, 0.15) is 0 Å². The van der Waals surface area contributed by atoms with Gasteiger partial charge in [-0.05, 0) is 35.8 Å². The minimum absolute atomic E-state index is 1.05. The number of aromatic amines is 1. The molecule has 2 rings (SSSR count). The maximum absolute atomic E-state index is 4.36. The second-order valence-electron chi connectivity index (χ2n) is 2.91. The summed E-state index contributed by atoms with van der Waals surface area (Å²) in [5, 5.41) is 1.21. The van der Waals surface area contributed by atoms with Crippen molar-refractivity contribution in [2.45, 2.75) is 13.8 Å². The molecule has 0 amide bonds. The molecule has 0 unspecified atom stereocenters. The van der Waals surface area contributed by atoms with E-state index in [2.05, 4.69) is 32.0 Å². The summed E-state index contributed by atoms with van der Waals surface area (Å²) in [4.78, 5) is 7.54. The second kappa shape index (κ2) is 2.59. The summed E-state index contributed by atoms with van der Waals surface area (Å²) in [6, 6.07) is 2.07. The van der Waals surface area contributed by atoms with Gasteiger partial charge in [0, 0.05) is 21.7 Å². The minimum Gasteiger partial charge on any atom is -0.359 e. The first-order valence-corrected chi connectivity index (χ1v) is 4.58. The van der Waals surface area contributed by atoms with Crippen LogP contribution in [0.2, 0.25) is 0 Å².